The van der Waals surface area contributed by atoms with Gasteiger partial charge in [0, 0.05) is 12.0 Å². The minimum Gasteiger partial charge on any atom is -0.497 e. The first-order chi connectivity index (χ1) is 10.7. The monoisotopic (exact) mass is 301 g/mol. The first-order valence-electron chi connectivity index (χ1n) is 7.47. The first-order valence-corrected chi connectivity index (χ1v) is 7.47. The zero-order valence-corrected chi connectivity index (χ0v) is 12.8. The van der Waals surface area contributed by atoms with Crippen molar-refractivity contribution in [2.75, 3.05) is 7.11 Å². The average molecular weight is 301 g/mol. The second-order valence-corrected chi connectivity index (χ2v) is 5.45. The maximum Gasteiger partial charge on any atom is 0.163 e. The fourth-order valence-corrected chi connectivity index (χ4v) is 2.75. The Kier molecular flexibility index (Phi) is 4.13. The minimum atomic E-state index is -0.0592. The summed E-state index contributed by atoms with van der Waals surface area (Å²) < 4.78 is 16.3. The summed E-state index contributed by atoms with van der Waals surface area (Å²) in [5.74, 6) is 2.10. The zero-order valence-electron chi connectivity index (χ0n) is 12.8. The highest BCUT2D eigenvalue weighted by Crippen LogP contribution is 2.28. The molecule has 1 aliphatic rings. The van der Waals surface area contributed by atoms with Crippen LogP contribution in [0.2, 0.25) is 0 Å². The van der Waals surface area contributed by atoms with Gasteiger partial charge in [-0.2, -0.15) is 0 Å². The van der Waals surface area contributed by atoms with E-state index in [2.05, 4.69) is 5.16 Å². The van der Waals surface area contributed by atoms with Gasteiger partial charge in [-0.1, -0.05) is 5.16 Å². The number of carbonyl (C=O) groups is 1. The lowest BCUT2D eigenvalue weighted by Crippen LogP contribution is -2.06. The fourth-order valence-electron chi connectivity index (χ4n) is 2.75. The van der Waals surface area contributed by atoms with Crippen LogP contribution in [-0.4, -0.2) is 18.0 Å². The Morgan fingerprint density at radius 3 is 2.91 bits per heavy atom. The SMILES string of the molecule is COc1ccc(OCc2noc3c2CCCC3)c(C(C)=O)c1. The summed E-state index contributed by atoms with van der Waals surface area (Å²) >= 11 is 0. The van der Waals surface area contributed by atoms with Gasteiger partial charge in [0.15, 0.2) is 5.78 Å². The molecule has 0 fully saturated rings. The number of aryl methyl sites for hydroxylation is 1. The van der Waals surface area contributed by atoms with E-state index >= 15 is 0 Å². The van der Waals surface area contributed by atoms with Gasteiger partial charge in [0.05, 0.1) is 12.7 Å². The van der Waals surface area contributed by atoms with E-state index in [0.29, 0.717) is 23.7 Å². The number of Topliss-reactive ketones (excluding diaryl/α,β-unsaturated/α-hetero) is 1. The van der Waals surface area contributed by atoms with E-state index in [1.807, 2.05) is 0 Å². The van der Waals surface area contributed by atoms with E-state index in [1.54, 1.807) is 25.3 Å². The maximum atomic E-state index is 11.8. The molecule has 2 aromatic rings. The minimum absolute atomic E-state index is 0.0592. The van der Waals surface area contributed by atoms with Crippen molar-refractivity contribution in [2.45, 2.75) is 39.2 Å². The molecule has 1 heterocycles. The molecule has 0 N–H and O–H groups in total. The van der Waals surface area contributed by atoms with E-state index in [4.69, 9.17) is 14.0 Å². The van der Waals surface area contributed by atoms with Crippen LogP contribution >= 0.6 is 0 Å². The summed E-state index contributed by atoms with van der Waals surface area (Å²) in [5.41, 5.74) is 2.51. The molecule has 0 saturated heterocycles. The van der Waals surface area contributed by atoms with Crippen molar-refractivity contribution in [3.05, 3.63) is 40.8 Å². The topological polar surface area (TPSA) is 61.6 Å². The molecule has 0 bridgehead atoms. The van der Waals surface area contributed by atoms with Crippen LogP contribution in [0.15, 0.2) is 22.7 Å². The number of hydrogen-bond donors (Lipinski definition) is 0. The van der Waals surface area contributed by atoms with Crippen molar-refractivity contribution in [3.8, 4) is 11.5 Å². The number of carbonyl (C=O) groups excluding carboxylic acids is 1. The number of aromatic nitrogens is 1. The van der Waals surface area contributed by atoms with Crippen LogP contribution in [-0.2, 0) is 19.4 Å². The van der Waals surface area contributed by atoms with Gasteiger partial charge < -0.3 is 14.0 Å². The Bertz CT molecular complexity index is 690. The molecular formula is C17H19NO4. The van der Waals surface area contributed by atoms with Gasteiger partial charge in [-0.15, -0.1) is 0 Å². The third-order valence-electron chi connectivity index (χ3n) is 3.96. The summed E-state index contributed by atoms with van der Waals surface area (Å²) in [6.45, 7) is 1.82. The van der Waals surface area contributed by atoms with Crippen LogP contribution in [0.25, 0.3) is 0 Å². The molecule has 1 aliphatic carbocycles. The Morgan fingerprint density at radius 1 is 1.32 bits per heavy atom. The maximum absolute atomic E-state index is 11.8. The summed E-state index contributed by atoms with van der Waals surface area (Å²) in [7, 11) is 1.57. The van der Waals surface area contributed by atoms with Crippen molar-refractivity contribution in [3.63, 3.8) is 0 Å². The lowest BCUT2D eigenvalue weighted by Gasteiger charge is -2.12. The molecule has 1 aromatic carbocycles. The fraction of sp³-hybridized carbons (Fsp3) is 0.412. The number of nitrogens with zero attached hydrogens (tertiary/aromatic N) is 1. The largest absolute Gasteiger partial charge is 0.497 e. The Labute approximate surface area is 129 Å². The van der Waals surface area contributed by atoms with E-state index in [-0.39, 0.29) is 5.78 Å². The van der Waals surface area contributed by atoms with Gasteiger partial charge in [0.25, 0.3) is 0 Å². The smallest absolute Gasteiger partial charge is 0.163 e. The van der Waals surface area contributed by atoms with Crippen molar-refractivity contribution in [2.24, 2.45) is 0 Å². The number of methoxy groups -OCH3 is 1. The van der Waals surface area contributed by atoms with Crippen LogP contribution in [0.5, 0.6) is 11.5 Å². The molecule has 5 nitrogen and oxygen atoms in total. The quantitative estimate of drug-likeness (QED) is 0.793. The Balaban J connectivity index is 1.79. The van der Waals surface area contributed by atoms with Crippen LogP contribution in [0.3, 0.4) is 0 Å². The van der Waals surface area contributed by atoms with E-state index < -0.39 is 0 Å². The van der Waals surface area contributed by atoms with Gasteiger partial charge in [-0.3, -0.25) is 4.79 Å². The molecule has 0 saturated carbocycles. The number of benzene rings is 1. The first kappa shape index (κ1) is 14.6. The van der Waals surface area contributed by atoms with Crippen molar-refractivity contribution in [1.82, 2.24) is 5.16 Å². The molecule has 22 heavy (non-hydrogen) atoms. The number of ether oxygens (including phenoxy) is 2. The highest BCUT2D eigenvalue weighted by Gasteiger charge is 2.20. The molecule has 116 valence electrons. The number of hydrogen-bond acceptors (Lipinski definition) is 5. The predicted molar refractivity (Wildman–Crippen MR) is 80.5 cm³/mol. The highest BCUT2D eigenvalue weighted by atomic mass is 16.5. The van der Waals surface area contributed by atoms with Crippen molar-refractivity contribution < 1.29 is 18.8 Å². The molecule has 0 unspecified atom stereocenters. The molecule has 0 amide bonds. The third-order valence-corrected chi connectivity index (χ3v) is 3.96. The van der Waals surface area contributed by atoms with E-state index in [0.717, 1.165) is 37.1 Å². The second-order valence-electron chi connectivity index (χ2n) is 5.45. The van der Waals surface area contributed by atoms with Crippen LogP contribution in [0, 0.1) is 0 Å². The van der Waals surface area contributed by atoms with Gasteiger partial charge in [0.2, 0.25) is 0 Å². The molecule has 0 radical (unpaired) electrons. The molecule has 0 aliphatic heterocycles. The number of fused-ring (bicyclic) bond motifs is 1. The Morgan fingerprint density at radius 2 is 2.14 bits per heavy atom. The summed E-state index contributed by atoms with van der Waals surface area (Å²) in [6, 6.07) is 5.22. The zero-order chi connectivity index (χ0) is 15.5. The number of rotatable bonds is 5. The van der Waals surface area contributed by atoms with Gasteiger partial charge in [-0.05, 0) is 44.4 Å². The normalized spacial score (nSPS) is 13.5. The lowest BCUT2D eigenvalue weighted by molar-refractivity contribution is 0.101. The molecular weight excluding hydrogens is 282 g/mol. The molecule has 3 rings (SSSR count). The molecule has 0 atom stereocenters. The van der Waals surface area contributed by atoms with Crippen molar-refractivity contribution in [1.29, 1.82) is 0 Å². The Hall–Kier alpha value is -2.30. The summed E-state index contributed by atoms with van der Waals surface area (Å²) in [6.07, 6.45) is 4.24. The average Bonchev–Trinajstić information content (AvgIpc) is 2.96. The third kappa shape index (κ3) is 2.84. The lowest BCUT2D eigenvalue weighted by atomic mass is 9.97. The second kappa shape index (κ2) is 6.22. The highest BCUT2D eigenvalue weighted by molar-refractivity contribution is 5.97. The van der Waals surface area contributed by atoms with E-state index in [1.165, 1.54) is 12.5 Å². The number of ketones is 1. The molecule has 1 aromatic heterocycles. The van der Waals surface area contributed by atoms with Crippen LogP contribution < -0.4 is 9.47 Å². The summed E-state index contributed by atoms with van der Waals surface area (Å²) in [5, 5.41) is 4.11. The van der Waals surface area contributed by atoms with Gasteiger partial charge in [-0.25, -0.2) is 0 Å². The van der Waals surface area contributed by atoms with Crippen molar-refractivity contribution >= 4 is 5.78 Å². The van der Waals surface area contributed by atoms with Crippen LogP contribution in [0.4, 0.5) is 0 Å². The predicted octanol–water partition coefficient (Wildman–Crippen LogP) is 3.34. The van der Waals surface area contributed by atoms with Gasteiger partial charge >= 0.3 is 0 Å². The van der Waals surface area contributed by atoms with Gasteiger partial charge in [0.1, 0.15) is 29.6 Å². The van der Waals surface area contributed by atoms with E-state index in [9.17, 15) is 4.79 Å². The van der Waals surface area contributed by atoms with Crippen LogP contribution in [0.1, 0.15) is 47.1 Å². The molecule has 0 spiro atoms. The summed E-state index contributed by atoms with van der Waals surface area (Å²) in [4.78, 5) is 11.8. The molecule has 5 heteroatoms. The standard InChI is InChI=1S/C17H19NO4/c1-11(19)14-9-12(20-2)7-8-16(14)21-10-15-13-5-3-4-6-17(13)22-18-15/h7-9H,3-6,10H2,1-2H3.